The molecule has 0 aliphatic carbocycles. The van der Waals surface area contributed by atoms with Crippen molar-refractivity contribution in [3.8, 4) is 0 Å². The van der Waals surface area contributed by atoms with E-state index in [2.05, 4.69) is 9.97 Å². The van der Waals surface area contributed by atoms with Crippen molar-refractivity contribution in [3.63, 3.8) is 0 Å². The zero-order chi connectivity index (χ0) is 18.1. The Kier molecular flexibility index (Phi) is 10.8. The Labute approximate surface area is 157 Å². The highest BCUT2D eigenvalue weighted by Crippen LogP contribution is 2.27. The van der Waals surface area contributed by atoms with E-state index in [9.17, 15) is 14.7 Å². The van der Waals surface area contributed by atoms with Gasteiger partial charge < -0.3 is 20.5 Å². The average Bonchev–Trinajstić information content (AvgIpc) is 2.53. The van der Waals surface area contributed by atoms with Gasteiger partial charge >= 0.3 is 5.30 Å². The first-order chi connectivity index (χ1) is 11.4. The molecule has 8 nitrogen and oxygen atoms in total. The molecule has 1 amide bonds. The zero-order valence-electron chi connectivity index (χ0n) is 14.4. The molecule has 0 aromatic carbocycles. The van der Waals surface area contributed by atoms with Gasteiger partial charge in [-0.2, -0.15) is 0 Å². The zero-order valence-corrected chi connectivity index (χ0v) is 16.0. The molecule has 1 heterocycles. The molecular weight excluding hydrogens is 368 g/mol. The molecule has 0 saturated carbocycles. The number of halogens is 1. The SMILES string of the molecule is CCOC(=O)S/C(CCO)=C(\C)N(C=O)Cc1cnc(C)nc1N.Cl. The van der Waals surface area contributed by atoms with Crippen LogP contribution in [0.4, 0.5) is 10.6 Å². The highest BCUT2D eigenvalue weighted by Gasteiger charge is 2.17. The topological polar surface area (TPSA) is 119 Å². The van der Waals surface area contributed by atoms with E-state index in [0.717, 1.165) is 11.8 Å². The fourth-order valence-corrected chi connectivity index (χ4v) is 2.70. The van der Waals surface area contributed by atoms with E-state index in [1.165, 1.54) is 4.90 Å². The smallest absolute Gasteiger partial charge is 0.371 e. The molecule has 0 aliphatic heterocycles. The third-order valence-electron chi connectivity index (χ3n) is 3.13. The number of rotatable bonds is 8. The number of nitrogens with zero attached hydrogens (tertiary/aromatic N) is 3. The number of ether oxygens (including phenoxy) is 1. The van der Waals surface area contributed by atoms with Crippen molar-refractivity contribution in [1.82, 2.24) is 14.9 Å². The Morgan fingerprint density at radius 3 is 2.72 bits per heavy atom. The minimum atomic E-state index is -0.482. The fraction of sp³-hybridized carbons (Fsp3) is 0.467. The molecule has 0 atom stereocenters. The summed E-state index contributed by atoms with van der Waals surface area (Å²) in [6.45, 7) is 5.39. The summed E-state index contributed by atoms with van der Waals surface area (Å²) < 4.78 is 4.89. The van der Waals surface area contributed by atoms with Gasteiger partial charge in [0.2, 0.25) is 6.41 Å². The van der Waals surface area contributed by atoms with Crippen LogP contribution in [0.25, 0.3) is 0 Å². The maximum atomic E-state index is 11.7. The van der Waals surface area contributed by atoms with Gasteiger partial charge in [-0.3, -0.25) is 4.79 Å². The second-order valence-corrected chi connectivity index (χ2v) is 5.86. The second-order valence-electron chi connectivity index (χ2n) is 4.83. The Morgan fingerprint density at radius 2 is 2.20 bits per heavy atom. The van der Waals surface area contributed by atoms with Gasteiger partial charge in [-0.05, 0) is 32.5 Å². The van der Waals surface area contributed by atoms with Crippen LogP contribution in [0.1, 0.15) is 31.7 Å². The monoisotopic (exact) mass is 390 g/mol. The van der Waals surface area contributed by atoms with E-state index in [0.29, 0.717) is 34.2 Å². The molecule has 1 aromatic heterocycles. The van der Waals surface area contributed by atoms with Crippen molar-refractivity contribution in [3.05, 3.63) is 28.2 Å². The van der Waals surface area contributed by atoms with Gasteiger partial charge in [0.15, 0.2) is 0 Å². The summed E-state index contributed by atoms with van der Waals surface area (Å²) >= 11 is 0.858. The molecule has 140 valence electrons. The molecule has 0 fully saturated rings. The van der Waals surface area contributed by atoms with Crippen molar-refractivity contribution in [2.45, 2.75) is 33.7 Å². The van der Waals surface area contributed by atoms with Gasteiger partial charge in [0.1, 0.15) is 11.6 Å². The van der Waals surface area contributed by atoms with Crippen LogP contribution in [0.5, 0.6) is 0 Å². The third-order valence-corrected chi connectivity index (χ3v) is 4.16. The molecule has 0 bridgehead atoms. The number of aliphatic hydroxyl groups is 1. The summed E-state index contributed by atoms with van der Waals surface area (Å²) in [5.41, 5.74) is 6.98. The number of carbonyl (C=O) groups excluding carboxylic acids is 2. The van der Waals surface area contributed by atoms with E-state index in [1.54, 1.807) is 27.0 Å². The lowest BCUT2D eigenvalue weighted by molar-refractivity contribution is -0.116. The largest absolute Gasteiger partial charge is 0.458 e. The van der Waals surface area contributed by atoms with Gasteiger partial charge in [0.05, 0.1) is 13.2 Å². The highest BCUT2D eigenvalue weighted by molar-refractivity contribution is 8.16. The molecule has 10 heteroatoms. The summed E-state index contributed by atoms with van der Waals surface area (Å²) in [7, 11) is 0. The molecule has 1 aromatic rings. The first-order valence-corrected chi connectivity index (χ1v) is 8.19. The van der Waals surface area contributed by atoms with E-state index in [4.69, 9.17) is 10.5 Å². The summed E-state index contributed by atoms with van der Waals surface area (Å²) in [4.78, 5) is 33.2. The molecule has 0 unspecified atom stereocenters. The number of anilines is 1. The van der Waals surface area contributed by atoms with Crippen LogP contribution in [-0.4, -0.2) is 44.9 Å². The Bertz CT molecular complexity index is 628. The maximum absolute atomic E-state index is 11.7. The van der Waals surface area contributed by atoms with Gasteiger partial charge in [-0.15, -0.1) is 12.4 Å². The van der Waals surface area contributed by atoms with E-state index < -0.39 is 5.30 Å². The quantitative estimate of drug-likeness (QED) is 0.512. The number of aliphatic hydroxyl groups excluding tert-OH is 1. The minimum absolute atomic E-state index is 0. The predicted molar refractivity (Wildman–Crippen MR) is 99.1 cm³/mol. The fourth-order valence-electron chi connectivity index (χ4n) is 1.87. The number of hydrogen-bond donors (Lipinski definition) is 2. The lowest BCUT2D eigenvalue weighted by atomic mass is 10.2. The first kappa shape index (κ1) is 23.2. The van der Waals surface area contributed by atoms with Crippen LogP contribution in [0, 0.1) is 6.92 Å². The molecule has 0 saturated heterocycles. The number of aryl methyl sites for hydroxylation is 1. The van der Waals surface area contributed by atoms with Crippen LogP contribution in [-0.2, 0) is 16.1 Å². The number of hydrogen-bond acceptors (Lipinski definition) is 8. The molecule has 0 aliphatic rings. The van der Waals surface area contributed by atoms with Gasteiger partial charge in [-0.1, -0.05) is 0 Å². The average molecular weight is 391 g/mol. The van der Waals surface area contributed by atoms with Crippen molar-refractivity contribution in [2.24, 2.45) is 0 Å². The highest BCUT2D eigenvalue weighted by atomic mass is 35.5. The summed E-state index contributed by atoms with van der Waals surface area (Å²) in [5.74, 6) is 0.837. The van der Waals surface area contributed by atoms with Crippen LogP contribution >= 0.6 is 24.2 Å². The third kappa shape index (κ3) is 7.29. The number of aromatic nitrogens is 2. The van der Waals surface area contributed by atoms with Gasteiger partial charge in [-0.25, -0.2) is 14.8 Å². The molecule has 0 spiro atoms. The Morgan fingerprint density at radius 1 is 1.52 bits per heavy atom. The van der Waals surface area contributed by atoms with E-state index >= 15 is 0 Å². The number of nitrogens with two attached hydrogens (primary N) is 1. The molecule has 3 N–H and O–H groups in total. The molecule has 1 rings (SSSR count). The summed E-state index contributed by atoms with van der Waals surface area (Å²) in [5, 5.41) is 8.72. The van der Waals surface area contributed by atoms with Crippen molar-refractivity contribution in [1.29, 1.82) is 0 Å². The number of thioether (sulfide) groups is 1. The normalized spacial score (nSPS) is 11.2. The van der Waals surface area contributed by atoms with Crippen molar-refractivity contribution in [2.75, 3.05) is 18.9 Å². The van der Waals surface area contributed by atoms with Crippen LogP contribution in [0.15, 0.2) is 16.8 Å². The number of carbonyl (C=O) groups is 2. The summed E-state index contributed by atoms with van der Waals surface area (Å²) in [6, 6.07) is 0. The molecule has 0 radical (unpaired) electrons. The minimum Gasteiger partial charge on any atom is -0.458 e. The molecular formula is C15H23ClN4O4S. The lowest BCUT2D eigenvalue weighted by Crippen LogP contribution is -2.22. The van der Waals surface area contributed by atoms with Gasteiger partial charge in [0.25, 0.3) is 0 Å². The Balaban J connectivity index is 0.00000576. The van der Waals surface area contributed by atoms with Crippen LogP contribution in [0.2, 0.25) is 0 Å². The maximum Gasteiger partial charge on any atom is 0.371 e. The van der Waals surface area contributed by atoms with Gasteiger partial charge in [0, 0.05) is 35.4 Å². The van der Waals surface area contributed by atoms with E-state index in [-0.39, 0.29) is 38.6 Å². The second kappa shape index (κ2) is 11.7. The molecule has 25 heavy (non-hydrogen) atoms. The van der Waals surface area contributed by atoms with Crippen molar-refractivity contribution < 1.29 is 19.4 Å². The number of amides is 1. The summed E-state index contributed by atoms with van der Waals surface area (Å²) in [6.07, 6.45) is 2.43. The number of allylic oxidation sites excluding steroid dienone is 1. The standard InChI is InChI=1S/C15H22N4O4S.ClH/c1-4-23-15(22)24-13(5-6-20)10(2)19(9-21)8-12-7-17-11(3)18-14(12)16;/h7,9,20H,4-6,8H2,1-3H3,(H2,16,17,18);1H/b13-10+;. The van der Waals surface area contributed by atoms with Crippen LogP contribution < -0.4 is 5.73 Å². The van der Waals surface area contributed by atoms with Crippen molar-refractivity contribution >= 4 is 41.7 Å². The number of nitrogen functional groups attached to an aromatic ring is 1. The first-order valence-electron chi connectivity index (χ1n) is 7.38. The lowest BCUT2D eigenvalue weighted by Gasteiger charge is -2.21. The predicted octanol–water partition coefficient (Wildman–Crippen LogP) is 2.25. The van der Waals surface area contributed by atoms with E-state index in [1.807, 2.05) is 0 Å². The van der Waals surface area contributed by atoms with Crippen LogP contribution in [0.3, 0.4) is 0 Å². The Hall–Kier alpha value is -1.84.